The number of benzene rings is 1. The Bertz CT molecular complexity index is 1700. The normalized spacial score (nSPS) is 26.5. The van der Waals surface area contributed by atoms with Gasteiger partial charge >= 0.3 is 41.8 Å². The van der Waals surface area contributed by atoms with Gasteiger partial charge in [-0.05, 0) is 51.1 Å². The largest absolute Gasteiger partial charge is 0.504 e. The highest BCUT2D eigenvalue weighted by Gasteiger charge is 2.72. The zero-order valence-corrected chi connectivity index (χ0v) is 27.2. The Kier molecular flexibility index (Phi) is 10.0. The van der Waals surface area contributed by atoms with Gasteiger partial charge in [-0.25, -0.2) is 19.2 Å². The number of carbonyl (C=O) groups is 7. The Morgan fingerprint density at radius 2 is 1.65 bits per heavy atom. The Morgan fingerprint density at radius 3 is 2.29 bits per heavy atom. The summed E-state index contributed by atoms with van der Waals surface area (Å²) < 4.78 is 26.3. The smallest absolute Gasteiger partial charge is 0.348 e. The SMILES string of the molecule is C[C@H](OC(=O)[C@H](CC(=O)OC1=CC[C@@]2(O)[C@H]3Cc4ccc(O)c5c4[C@@]2(CCN3C)[C@H]1O5)OC(=O)C[C@H](O)C(=O)O)C(=O)O[C@@H](CC(=O)O)C(=O)O. The summed E-state index contributed by atoms with van der Waals surface area (Å²) in [7, 11) is 1.88. The maximum Gasteiger partial charge on any atom is 0.348 e. The van der Waals surface area contributed by atoms with Crippen LogP contribution in [0.3, 0.4) is 0 Å². The summed E-state index contributed by atoms with van der Waals surface area (Å²) in [6.45, 7) is 1.44. The molecule has 276 valence electrons. The van der Waals surface area contributed by atoms with E-state index in [-0.39, 0.29) is 29.7 Å². The summed E-state index contributed by atoms with van der Waals surface area (Å²) in [5.41, 5.74) is -1.10. The Balaban J connectivity index is 1.35. The molecule has 0 radical (unpaired) electrons. The molecular formula is C32H35NO18. The number of hydrogen-bond donors (Lipinski definition) is 6. The van der Waals surface area contributed by atoms with Crippen LogP contribution in [-0.4, -0.2) is 133 Å². The quantitative estimate of drug-likeness (QED) is 0.0966. The highest BCUT2D eigenvalue weighted by Crippen LogP contribution is 2.65. The molecule has 0 unspecified atom stereocenters. The lowest BCUT2D eigenvalue weighted by molar-refractivity contribution is -0.185. The number of carboxylic acid groups (broad SMARTS) is 3. The van der Waals surface area contributed by atoms with Crippen LogP contribution in [0.1, 0.15) is 50.2 Å². The van der Waals surface area contributed by atoms with Crippen LogP contribution in [0, 0.1) is 0 Å². The molecule has 8 atom stereocenters. The third-order valence-corrected chi connectivity index (χ3v) is 9.64. The average Bonchev–Trinajstić information content (AvgIpc) is 3.40. The van der Waals surface area contributed by atoms with Gasteiger partial charge in [0.25, 0.3) is 0 Å². The fraction of sp³-hybridized carbons (Fsp3) is 0.531. The number of aromatic hydroxyl groups is 1. The third-order valence-electron chi connectivity index (χ3n) is 9.64. The van der Waals surface area contributed by atoms with Crippen molar-refractivity contribution in [1.29, 1.82) is 0 Å². The molecule has 1 aromatic carbocycles. The summed E-state index contributed by atoms with van der Waals surface area (Å²) in [6.07, 6.45) is -10.8. The molecule has 51 heavy (non-hydrogen) atoms. The van der Waals surface area contributed by atoms with Crippen molar-refractivity contribution in [2.45, 2.75) is 93.0 Å². The number of aliphatic hydroxyl groups excluding tert-OH is 1. The Labute approximate surface area is 287 Å². The third kappa shape index (κ3) is 6.66. The van der Waals surface area contributed by atoms with Gasteiger partial charge in [-0.3, -0.25) is 14.4 Å². The zero-order chi connectivity index (χ0) is 37.6. The van der Waals surface area contributed by atoms with Crippen LogP contribution in [0.15, 0.2) is 24.0 Å². The summed E-state index contributed by atoms with van der Waals surface area (Å²) in [6, 6.07) is 2.86. The number of carboxylic acids is 3. The van der Waals surface area contributed by atoms with Crippen LogP contribution in [-0.2, 0) is 64.3 Å². The van der Waals surface area contributed by atoms with E-state index in [2.05, 4.69) is 4.74 Å². The van der Waals surface area contributed by atoms with Gasteiger partial charge in [0, 0.05) is 18.0 Å². The minimum atomic E-state index is -2.25. The summed E-state index contributed by atoms with van der Waals surface area (Å²) >= 11 is 0. The molecule has 0 aromatic heterocycles. The van der Waals surface area contributed by atoms with Gasteiger partial charge in [-0.2, -0.15) is 0 Å². The van der Waals surface area contributed by atoms with Crippen molar-refractivity contribution < 1.29 is 87.9 Å². The van der Waals surface area contributed by atoms with Crippen LogP contribution in [0.5, 0.6) is 11.5 Å². The molecule has 5 rings (SSSR count). The molecule has 0 saturated carbocycles. The molecule has 0 amide bonds. The predicted octanol–water partition coefficient (Wildman–Crippen LogP) is -1.25. The van der Waals surface area contributed by atoms with Gasteiger partial charge in [0.15, 0.2) is 29.8 Å². The Morgan fingerprint density at radius 1 is 0.941 bits per heavy atom. The number of rotatable bonds is 14. The molecule has 1 spiro atoms. The molecule has 2 aliphatic heterocycles. The number of piperidine rings is 1. The van der Waals surface area contributed by atoms with Crippen LogP contribution in [0.4, 0.5) is 0 Å². The van der Waals surface area contributed by atoms with Crippen LogP contribution < -0.4 is 4.74 Å². The summed E-state index contributed by atoms with van der Waals surface area (Å²) in [5.74, 6) is -11.1. The minimum Gasteiger partial charge on any atom is -0.504 e. The Hall–Kier alpha value is -5.27. The van der Waals surface area contributed by atoms with E-state index in [1.54, 1.807) is 6.07 Å². The molecule has 2 heterocycles. The van der Waals surface area contributed by atoms with E-state index in [9.17, 15) is 48.9 Å². The molecule has 1 fully saturated rings. The number of nitrogens with zero attached hydrogens (tertiary/aromatic N) is 1. The number of hydrogen-bond acceptors (Lipinski definition) is 16. The lowest BCUT2D eigenvalue weighted by Crippen LogP contribution is -2.74. The highest BCUT2D eigenvalue weighted by atomic mass is 16.6. The molecule has 19 heteroatoms. The number of ether oxygens (including phenoxy) is 5. The summed E-state index contributed by atoms with van der Waals surface area (Å²) in [5, 5.41) is 59.4. The maximum atomic E-state index is 13.4. The van der Waals surface area contributed by atoms with Gasteiger partial charge in [0.05, 0.1) is 30.3 Å². The van der Waals surface area contributed by atoms with Crippen LogP contribution in [0.25, 0.3) is 0 Å². The number of phenolic OH excluding ortho intramolecular Hbond substituents is 1. The van der Waals surface area contributed by atoms with Crippen molar-refractivity contribution in [3.05, 3.63) is 35.1 Å². The number of esters is 4. The first kappa shape index (κ1) is 37.0. The number of aliphatic hydroxyl groups is 2. The van der Waals surface area contributed by atoms with E-state index >= 15 is 0 Å². The van der Waals surface area contributed by atoms with Gasteiger partial charge in [0.1, 0.15) is 5.76 Å². The molecule has 4 aliphatic rings. The predicted molar refractivity (Wildman–Crippen MR) is 161 cm³/mol. The molecule has 6 N–H and O–H groups in total. The van der Waals surface area contributed by atoms with E-state index < -0.39 is 103 Å². The maximum absolute atomic E-state index is 13.4. The van der Waals surface area contributed by atoms with Crippen molar-refractivity contribution in [2.75, 3.05) is 13.6 Å². The van der Waals surface area contributed by atoms with E-state index in [1.165, 1.54) is 12.1 Å². The second kappa shape index (κ2) is 13.8. The first-order valence-corrected chi connectivity index (χ1v) is 15.7. The van der Waals surface area contributed by atoms with Crippen molar-refractivity contribution in [3.8, 4) is 11.5 Å². The fourth-order valence-electron chi connectivity index (χ4n) is 7.26. The highest BCUT2D eigenvalue weighted by molar-refractivity contribution is 5.89. The number of likely N-dealkylation sites (tertiary alicyclic amines) is 1. The fourth-order valence-corrected chi connectivity index (χ4v) is 7.26. The van der Waals surface area contributed by atoms with E-state index in [0.29, 0.717) is 24.9 Å². The van der Waals surface area contributed by atoms with E-state index in [1.807, 2.05) is 11.9 Å². The van der Waals surface area contributed by atoms with Crippen LogP contribution in [0.2, 0.25) is 0 Å². The summed E-state index contributed by atoms with van der Waals surface area (Å²) in [4.78, 5) is 86.6. The van der Waals surface area contributed by atoms with E-state index in [0.717, 1.165) is 12.5 Å². The molecule has 19 nitrogen and oxygen atoms in total. The van der Waals surface area contributed by atoms with Crippen molar-refractivity contribution in [2.24, 2.45) is 0 Å². The van der Waals surface area contributed by atoms with Gasteiger partial charge in [0.2, 0.25) is 12.2 Å². The first-order chi connectivity index (χ1) is 23.9. The topological polar surface area (TPSA) is 290 Å². The monoisotopic (exact) mass is 721 g/mol. The second-order valence-corrected chi connectivity index (χ2v) is 12.8. The lowest BCUT2D eigenvalue weighted by atomic mass is 9.50. The zero-order valence-electron chi connectivity index (χ0n) is 27.2. The van der Waals surface area contributed by atoms with Gasteiger partial charge in [-0.1, -0.05) is 6.07 Å². The first-order valence-electron chi connectivity index (χ1n) is 15.7. The minimum absolute atomic E-state index is 0.00535. The number of phenols is 1. The second-order valence-electron chi connectivity index (χ2n) is 12.8. The van der Waals surface area contributed by atoms with Crippen LogP contribution >= 0.6 is 0 Å². The van der Waals surface area contributed by atoms with Gasteiger partial charge < -0.3 is 59.2 Å². The van der Waals surface area contributed by atoms with Crippen molar-refractivity contribution >= 4 is 41.8 Å². The molecule has 1 saturated heterocycles. The lowest BCUT2D eigenvalue weighted by Gasteiger charge is -2.61. The number of aliphatic carboxylic acids is 3. The number of carbonyl (C=O) groups excluding carboxylic acids is 4. The molecule has 1 aromatic rings. The molecule has 2 bridgehead atoms. The molecular weight excluding hydrogens is 686 g/mol. The van der Waals surface area contributed by atoms with E-state index in [4.69, 9.17) is 34.3 Å². The standard InChI is InChI=1S/C32H35NO18/c1-13(29(44)50-18(28(42)43)11-21(36)37)47-30(45)19(49-22(38)10-16(35)27(40)41)12-23(39)48-17-5-6-32(46)20-9-14-3-4-15(34)25-24(14)31(32,26(17)51-25)7-8-33(20)2/h3-5,13,16,18-20,26,34-35,46H,6-12H2,1-2H3,(H,36,37)(H,40,41)(H,42,43)/t13-,16-,18-,19-,20+,26-,31-,32+/m0/s1. The van der Waals surface area contributed by atoms with Gasteiger partial charge in [-0.15, -0.1) is 0 Å². The van der Waals surface area contributed by atoms with Crippen molar-refractivity contribution in [3.63, 3.8) is 0 Å². The molecule has 2 aliphatic carbocycles. The van der Waals surface area contributed by atoms with Crippen molar-refractivity contribution in [1.82, 2.24) is 4.90 Å². The number of likely N-dealkylation sites (N-methyl/N-ethyl adjacent to an activating group) is 1. The average molecular weight is 722 g/mol.